The van der Waals surface area contributed by atoms with Crippen LogP contribution in [0, 0.1) is 0 Å². The van der Waals surface area contributed by atoms with E-state index in [2.05, 4.69) is 0 Å². The molecule has 0 aliphatic rings. The number of ether oxygens (including phenoxy) is 1. The van der Waals surface area contributed by atoms with Crippen molar-refractivity contribution >= 4 is 12.4 Å². The zero-order valence-corrected chi connectivity index (χ0v) is 9.37. The zero-order valence-electron chi connectivity index (χ0n) is 9.37. The van der Waals surface area contributed by atoms with Gasteiger partial charge < -0.3 is 4.74 Å². The summed E-state index contributed by atoms with van der Waals surface area (Å²) in [6, 6.07) is 10.0. The third-order valence-electron chi connectivity index (χ3n) is 2.19. The molecule has 2 nitrogen and oxygen atoms in total. The molecule has 0 fully saturated rings. The highest BCUT2D eigenvalue weighted by Gasteiger charge is 1.98. The minimum Gasteiger partial charge on any atom is -0.377 e. The molecule has 84 valence electrons. The topological polar surface area (TPSA) is 26.3 Å². The van der Waals surface area contributed by atoms with Crippen molar-refractivity contribution in [3.05, 3.63) is 54.1 Å². The highest BCUT2D eigenvalue weighted by Crippen LogP contribution is 2.06. The molecular formula is C14H16O2. The Hall–Kier alpha value is -1.67. The number of allylic oxidation sites excluding steroid dienone is 1. The number of aldehydes is 1. The fourth-order valence-corrected chi connectivity index (χ4v) is 1.30. The van der Waals surface area contributed by atoms with Gasteiger partial charge in [0.15, 0.2) is 0 Å². The van der Waals surface area contributed by atoms with Crippen LogP contribution in [0.4, 0.5) is 0 Å². The summed E-state index contributed by atoms with van der Waals surface area (Å²) in [5.74, 6) is 0. The highest BCUT2D eigenvalue weighted by molar-refractivity contribution is 5.64. The first-order valence-electron chi connectivity index (χ1n) is 5.23. The zero-order chi connectivity index (χ0) is 11.6. The molecule has 1 aromatic rings. The number of carbonyl (C=O) groups is 1. The molecule has 0 saturated carbocycles. The van der Waals surface area contributed by atoms with Crippen LogP contribution >= 0.6 is 0 Å². The first-order chi connectivity index (χ1) is 7.86. The minimum atomic E-state index is 0.0106. The first-order valence-corrected chi connectivity index (χ1v) is 5.23. The number of rotatable bonds is 6. The van der Waals surface area contributed by atoms with E-state index < -0.39 is 0 Å². The molecule has 0 saturated heterocycles. The molecule has 1 unspecified atom stereocenters. The van der Waals surface area contributed by atoms with Gasteiger partial charge in [-0.05, 0) is 18.1 Å². The van der Waals surface area contributed by atoms with Crippen LogP contribution in [0.1, 0.15) is 12.0 Å². The summed E-state index contributed by atoms with van der Waals surface area (Å²) < 4.78 is 5.26. The smallest absolute Gasteiger partial charge is 0.142 e. The van der Waals surface area contributed by atoms with Crippen LogP contribution < -0.4 is 0 Å². The highest BCUT2D eigenvalue weighted by atomic mass is 16.5. The van der Waals surface area contributed by atoms with Crippen molar-refractivity contribution in [3.63, 3.8) is 0 Å². The quantitative estimate of drug-likeness (QED) is 0.540. The lowest BCUT2D eigenvalue weighted by Gasteiger charge is -2.06. The largest absolute Gasteiger partial charge is 0.377 e. The lowest BCUT2D eigenvalue weighted by Crippen LogP contribution is -2.04. The van der Waals surface area contributed by atoms with Gasteiger partial charge in [-0.15, -0.1) is 0 Å². The van der Waals surface area contributed by atoms with Crippen molar-refractivity contribution in [2.24, 2.45) is 0 Å². The van der Waals surface area contributed by atoms with Crippen molar-refractivity contribution < 1.29 is 9.53 Å². The molecule has 0 spiro atoms. The summed E-state index contributed by atoms with van der Waals surface area (Å²) in [7, 11) is 1.66. The average Bonchev–Trinajstić information content (AvgIpc) is 2.35. The van der Waals surface area contributed by atoms with E-state index in [-0.39, 0.29) is 6.10 Å². The second kappa shape index (κ2) is 7.60. The maximum absolute atomic E-state index is 10.1. The molecule has 0 N–H and O–H groups in total. The molecule has 16 heavy (non-hydrogen) atoms. The molecule has 1 atom stereocenters. The van der Waals surface area contributed by atoms with Gasteiger partial charge in [-0.3, -0.25) is 4.79 Å². The Kier molecular flexibility index (Phi) is 5.89. The molecule has 0 aromatic heterocycles. The summed E-state index contributed by atoms with van der Waals surface area (Å²) in [4.78, 5) is 10.1. The van der Waals surface area contributed by atoms with Crippen molar-refractivity contribution in [2.45, 2.75) is 12.5 Å². The number of carbonyl (C=O) groups excluding carboxylic acids is 1. The van der Waals surface area contributed by atoms with Crippen molar-refractivity contribution in [3.8, 4) is 0 Å². The second-order valence-corrected chi connectivity index (χ2v) is 3.34. The van der Waals surface area contributed by atoms with Gasteiger partial charge in [0.2, 0.25) is 0 Å². The van der Waals surface area contributed by atoms with E-state index in [1.807, 2.05) is 42.5 Å². The number of hydrogen-bond acceptors (Lipinski definition) is 2. The molecule has 0 amide bonds. The summed E-state index contributed by atoms with van der Waals surface area (Å²) in [5.41, 5.74) is 1.14. The Labute approximate surface area is 96.2 Å². The molecule has 0 heterocycles. The van der Waals surface area contributed by atoms with Crippen molar-refractivity contribution in [2.75, 3.05) is 7.11 Å². The first kappa shape index (κ1) is 12.4. The van der Waals surface area contributed by atoms with Gasteiger partial charge >= 0.3 is 0 Å². The van der Waals surface area contributed by atoms with E-state index in [1.54, 1.807) is 13.2 Å². The van der Waals surface area contributed by atoms with Crippen LogP contribution in [-0.4, -0.2) is 19.5 Å². The van der Waals surface area contributed by atoms with Crippen molar-refractivity contribution in [1.82, 2.24) is 0 Å². The van der Waals surface area contributed by atoms with Gasteiger partial charge in [0.25, 0.3) is 0 Å². The molecule has 2 heteroatoms. The maximum Gasteiger partial charge on any atom is 0.142 e. The van der Waals surface area contributed by atoms with E-state index in [4.69, 9.17) is 4.74 Å². The summed E-state index contributed by atoms with van der Waals surface area (Å²) in [5, 5.41) is 0. The lowest BCUT2D eigenvalue weighted by atomic mass is 10.1. The second-order valence-electron chi connectivity index (χ2n) is 3.34. The van der Waals surface area contributed by atoms with Crippen LogP contribution in [0.25, 0.3) is 6.08 Å². The molecule has 0 radical (unpaired) electrons. The molecule has 0 aliphatic heterocycles. The van der Waals surface area contributed by atoms with E-state index in [1.165, 1.54) is 6.08 Å². The minimum absolute atomic E-state index is 0.0106. The van der Waals surface area contributed by atoms with E-state index in [9.17, 15) is 4.79 Å². The fraction of sp³-hybridized carbons (Fsp3) is 0.214. The maximum atomic E-state index is 10.1. The summed E-state index contributed by atoms with van der Waals surface area (Å²) in [6.45, 7) is 0. The Morgan fingerprint density at radius 3 is 2.69 bits per heavy atom. The van der Waals surface area contributed by atoms with E-state index in [0.717, 1.165) is 11.8 Å². The molecule has 0 bridgehead atoms. The fourth-order valence-electron chi connectivity index (χ4n) is 1.30. The van der Waals surface area contributed by atoms with Gasteiger partial charge in [-0.1, -0.05) is 48.6 Å². The molecule has 1 rings (SSSR count). The van der Waals surface area contributed by atoms with Crippen LogP contribution in [0.2, 0.25) is 0 Å². The normalized spacial score (nSPS) is 13.3. The standard InChI is InChI=1S/C14H16O2/c1-16-14(9-5-6-12-15)11-10-13-7-3-2-4-8-13/h2-8,10-12,14H,9H2,1H3/b6-5+,11-10+. The Bertz CT molecular complexity index is 352. The summed E-state index contributed by atoms with van der Waals surface area (Å²) >= 11 is 0. The molecule has 0 aliphatic carbocycles. The third kappa shape index (κ3) is 4.71. The van der Waals surface area contributed by atoms with E-state index >= 15 is 0 Å². The number of methoxy groups -OCH3 is 1. The molecular weight excluding hydrogens is 200 g/mol. The van der Waals surface area contributed by atoms with E-state index in [0.29, 0.717) is 6.42 Å². The van der Waals surface area contributed by atoms with Crippen molar-refractivity contribution in [1.29, 1.82) is 0 Å². The number of hydrogen-bond donors (Lipinski definition) is 0. The average molecular weight is 216 g/mol. The Morgan fingerprint density at radius 1 is 1.31 bits per heavy atom. The monoisotopic (exact) mass is 216 g/mol. The van der Waals surface area contributed by atoms with Gasteiger partial charge in [0.05, 0.1) is 6.10 Å². The van der Waals surface area contributed by atoms with Gasteiger partial charge in [0.1, 0.15) is 6.29 Å². The Morgan fingerprint density at radius 2 is 2.06 bits per heavy atom. The van der Waals surface area contributed by atoms with Crippen LogP contribution in [0.5, 0.6) is 0 Å². The van der Waals surface area contributed by atoms with Crippen LogP contribution in [0.3, 0.4) is 0 Å². The number of benzene rings is 1. The SMILES string of the molecule is COC(/C=C/c1ccccc1)C/C=C/C=O. The predicted octanol–water partition coefficient (Wildman–Crippen LogP) is 2.86. The van der Waals surface area contributed by atoms with Gasteiger partial charge in [-0.25, -0.2) is 0 Å². The third-order valence-corrected chi connectivity index (χ3v) is 2.19. The van der Waals surface area contributed by atoms with Crippen LogP contribution in [-0.2, 0) is 9.53 Å². The molecule has 1 aromatic carbocycles. The summed E-state index contributed by atoms with van der Waals surface area (Å²) in [6.07, 6.45) is 8.79. The van der Waals surface area contributed by atoms with Crippen LogP contribution in [0.15, 0.2) is 48.6 Å². The Balaban J connectivity index is 2.52. The van der Waals surface area contributed by atoms with Gasteiger partial charge in [0, 0.05) is 7.11 Å². The lowest BCUT2D eigenvalue weighted by molar-refractivity contribution is -0.104. The van der Waals surface area contributed by atoms with Gasteiger partial charge in [-0.2, -0.15) is 0 Å². The predicted molar refractivity (Wildman–Crippen MR) is 66.1 cm³/mol.